The highest BCUT2D eigenvalue weighted by Crippen LogP contribution is 2.46. The van der Waals surface area contributed by atoms with Crippen LogP contribution >= 0.6 is 0 Å². The summed E-state index contributed by atoms with van der Waals surface area (Å²) in [6.07, 6.45) is -0.709. The van der Waals surface area contributed by atoms with Crippen molar-refractivity contribution in [2.75, 3.05) is 19.3 Å². The van der Waals surface area contributed by atoms with E-state index in [0.29, 0.717) is 0 Å². The minimum absolute atomic E-state index is 0.0740. The van der Waals surface area contributed by atoms with Crippen LogP contribution in [-0.2, 0) is 23.9 Å². The molecule has 15 heteroatoms. The molecule has 0 aliphatic carbocycles. The Hall–Kier alpha value is -2.49. The first kappa shape index (κ1) is 19.8. The van der Waals surface area contributed by atoms with E-state index in [1.807, 2.05) is 0 Å². The third kappa shape index (κ3) is 2.76. The lowest BCUT2D eigenvalue weighted by Gasteiger charge is -2.49. The molecule has 0 aromatic carbocycles. The molecule has 4 aliphatic heterocycles. The van der Waals surface area contributed by atoms with Crippen molar-refractivity contribution < 1.29 is 32.4 Å². The van der Waals surface area contributed by atoms with E-state index in [1.165, 1.54) is 4.90 Å². The largest absolute Gasteiger partial charge is 0.370 e. The number of likely N-dealkylation sites (tertiary alicyclic amines) is 1. The van der Waals surface area contributed by atoms with Crippen LogP contribution in [0.4, 0.5) is 0 Å². The summed E-state index contributed by atoms with van der Waals surface area (Å²) in [4.78, 5) is 34.7. The van der Waals surface area contributed by atoms with E-state index in [9.17, 15) is 28.2 Å². The fraction of sp³-hybridized carbons (Fsp3) is 0.714. The number of carbonyl (C=O) groups excluding carboxylic acids is 2. The van der Waals surface area contributed by atoms with Crippen LogP contribution in [0.3, 0.4) is 0 Å². The second kappa shape index (κ2) is 6.01. The number of imide groups is 1. The summed E-state index contributed by atoms with van der Waals surface area (Å²) < 4.78 is 28.1. The van der Waals surface area contributed by atoms with Gasteiger partial charge in [-0.05, 0) is 0 Å². The van der Waals surface area contributed by atoms with Gasteiger partial charge >= 0.3 is 0 Å². The van der Waals surface area contributed by atoms with Gasteiger partial charge in [-0.25, -0.2) is 9.98 Å². The first-order chi connectivity index (χ1) is 13.4. The molecule has 7 N–H and O–H groups in total. The summed E-state index contributed by atoms with van der Waals surface area (Å²) in [5, 5.41) is 24.6. The van der Waals surface area contributed by atoms with Crippen LogP contribution < -0.4 is 16.8 Å². The number of rotatable bonds is 4. The molecule has 0 aromatic rings. The topological polar surface area (TPSA) is 213 Å². The van der Waals surface area contributed by atoms with Crippen LogP contribution in [0.5, 0.6) is 0 Å². The van der Waals surface area contributed by atoms with E-state index in [0.717, 1.165) is 11.2 Å². The minimum atomic E-state index is -4.05. The number of aliphatic hydroxyl groups is 2. The maximum atomic E-state index is 12.0. The zero-order chi connectivity index (χ0) is 21.4. The standard InChI is InChI=1S/C14H21N7O7S/c1-29(26,27)28-7-5-21-12(16)17-6(4-20-8(22)2-3-9(20)23)10-13(21,14(7,24)25)19-11(15)18-10/h6-7,10,24-25H,2-5H2,1H3,(H2,16,17)(H3,15,18,19)/t6-,7-,10-,13-/m0/s1. The number of nitrogens with one attached hydrogen (secondary N) is 1. The minimum Gasteiger partial charge on any atom is -0.370 e. The Morgan fingerprint density at radius 1 is 1.24 bits per heavy atom. The number of amides is 2. The maximum absolute atomic E-state index is 12.0. The van der Waals surface area contributed by atoms with E-state index in [2.05, 4.69) is 15.3 Å². The average molecular weight is 431 g/mol. The van der Waals surface area contributed by atoms with Gasteiger partial charge in [-0.2, -0.15) is 8.42 Å². The molecule has 4 rings (SSSR count). The Kier molecular flexibility index (Phi) is 4.10. The Labute approximate surface area is 165 Å². The molecular formula is C14H21N7O7S. The zero-order valence-corrected chi connectivity index (χ0v) is 16.2. The lowest BCUT2D eigenvalue weighted by atomic mass is 9.85. The molecule has 0 bridgehead atoms. The van der Waals surface area contributed by atoms with Gasteiger partial charge < -0.3 is 31.9 Å². The summed E-state index contributed by atoms with van der Waals surface area (Å²) in [7, 11) is -4.05. The third-order valence-electron chi connectivity index (χ3n) is 5.56. The Balaban J connectivity index is 1.74. The third-order valence-corrected chi connectivity index (χ3v) is 6.15. The second-order valence-corrected chi connectivity index (χ2v) is 9.03. The van der Waals surface area contributed by atoms with Gasteiger partial charge in [-0.3, -0.25) is 18.7 Å². The van der Waals surface area contributed by atoms with E-state index in [-0.39, 0.29) is 49.7 Å². The summed E-state index contributed by atoms with van der Waals surface area (Å²) >= 11 is 0. The van der Waals surface area contributed by atoms with Crippen molar-refractivity contribution in [2.24, 2.45) is 21.5 Å². The summed E-state index contributed by atoms with van der Waals surface area (Å²) in [6, 6.07) is -2.04. The number of nitrogens with two attached hydrogens (primary N) is 2. The quantitative estimate of drug-likeness (QED) is 0.162. The van der Waals surface area contributed by atoms with Crippen LogP contribution in [0.2, 0.25) is 0 Å². The molecule has 0 unspecified atom stereocenters. The zero-order valence-electron chi connectivity index (χ0n) is 15.3. The molecule has 4 atom stereocenters. The van der Waals surface area contributed by atoms with Gasteiger partial charge in [0.05, 0.1) is 25.4 Å². The maximum Gasteiger partial charge on any atom is 0.264 e. The molecule has 0 aromatic heterocycles. The first-order valence-electron chi connectivity index (χ1n) is 8.75. The van der Waals surface area contributed by atoms with Crippen LogP contribution in [0.25, 0.3) is 0 Å². The fourth-order valence-corrected chi connectivity index (χ4v) is 4.99. The monoisotopic (exact) mass is 431 g/mol. The van der Waals surface area contributed by atoms with Gasteiger partial charge in [0.15, 0.2) is 23.7 Å². The Morgan fingerprint density at radius 2 is 1.86 bits per heavy atom. The number of hydrogen-bond donors (Lipinski definition) is 5. The molecule has 4 heterocycles. The Bertz CT molecular complexity index is 932. The highest BCUT2D eigenvalue weighted by atomic mass is 32.2. The van der Waals surface area contributed by atoms with E-state index in [4.69, 9.17) is 15.7 Å². The molecule has 0 radical (unpaired) electrons. The number of carbonyl (C=O) groups is 2. The molecular weight excluding hydrogens is 410 g/mol. The van der Waals surface area contributed by atoms with Crippen molar-refractivity contribution in [1.82, 2.24) is 15.1 Å². The number of nitrogens with zero attached hydrogens (tertiary/aromatic N) is 4. The molecule has 29 heavy (non-hydrogen) atoms. The number of guanidine groups is 2. The smallest absolute Gasteiger partial charge is 0.264 e. The van der Waals surface area contributed by atoms with Crippen molar-refractivity contribution in [2.45, 2.75) is 42.5 Å². The van der Waals surface area contributed by atoms with Crippen molar-refractivity contribution in [3.8, 4) is 0 Å². The normalized spacial score (nSPS) is 35.9. The summed E-state index contributed by atoms with van der Waals surface area (Å²) in [6.45, 7) is -0.527. The second-order valence-electron chi connectivity index (χ2n) is 7.43. The molecule has 160 valence electrons. The van der Waals surface area contributed by atoms with Crippen molar-refractivity contribution in [3.05, 3.63) is 0 Å². The average Bonchev–Trinajstić information content (AvgIpc) is 3.17. The van der Waals surface area contributed by atoms with Gasteiger partial charge in [0.1, 0.15) is 6.04 Å². The molecule has 2 saturated heterocycles. The molecule has 4 aliphatic rings. The summed E-state index contributed by atoms with van der Waals surface area (Å²) in [5.74, 6) is -3.92. The van der Waals surface area contributed by atoms with Crippen molar-refractivity contribution in [1.29, 1.82) is 0 Å². The number of aliphatic imine (C=N–C) groups is 2. The van der Waals surface area contributed by atoms with Crippen molar-refractivity contribution in [3.63, 3.8) is 0 Å². The van der Waals surface area contributed by atoms with E-state index >= 15 is 0 Å². The van der Waals surface area contributed by atoms with Gasteiger partial charge in [0.25, 0.3) is 10.1 Å². The fourth-order valence-electron chi connectivity index (χ4n) is 4.37. The van der Waals surface area contributed by atoms with Crippen LogP contribution in [-0.4, -0.2) is 101 Å². The Morgan fingerprint density at radius 3 is 2.45 bits per heavy atom. The lowest BCUT2D eigenvalue weighted by molar-refractivity contribution is -0.251. The summed E-state index contributed by atoms with van der Waals surface area (Å²) in [5.41, 5.74) is 9.93. The van der Waals surface area contributed by atoms with E-state index < -0.39 is 39.8 Å². The molecule has 2 fully saturated rings. The molecule has 1 spiro atoms. The van der Waals surface area contributed by atoms with E-state index in [1.54, 1.807) is 0 Å². The van der Waals surface area contributed by atoms with Crippen LogP contribution in [0.1, 0.15) is 12.8 Å². The van der Waals surface area contributed by atoms with Gasteiger partial charge in [0, 0.05) is 12.8 Å². The SMILES string of the molecule is CS(=O)(=O)O[C@H]1CN2C(N)=N[C@@H](CN3C(=O)CCC3=O)[C@@H]3N=C(N)N[C@@]32C1(O)O. The predicted molar refractivity (Wildman–Crippen MR) is 96.2 cm³/mol. The van der Waals surface area contributed by atoms with Gasteiger partial charge in [0.2, 0.25) is 17.6 Å². The molecule has 0 saturated carbocycles. The van der Waals surface area contributed by atoms with Crippen LogP contribution in [0, 0.1) is 0 Å². The molecule has 2 amide bonds. The lowest BCUT2D eigenvalue weighted by Crippen LogP contribution is -2.77. The first-order valence-corrected chi connectivity index (χ1v) is 10.6. The highest BCUT2D eigenvalue weighted by Gasteiger charge is 2.74. The molecule has 14 nitrogen and oxygen atoms in total. The van der Waals surface area contributed by atoms with Gasteiger partial charge in [-0.1, -0.05) is 0 Å². The van der Waals surface area contributed by atoms with Gasteiger partial charge in [-0.15, -0.1) is 0 Å². The van der Waals surface area contributed by atoms with Crippen molar-refractivity contribution >= 4 is 33.9 Å². The predicted octanol–water partition coefficient (Wildman–Crippen LogP) is -4.84. The highest BCUT2D eigenvalue weighted by molar-refractivity contribution is 7.86. The number of hydrogen-bond acceptors (Lipinski definition) is 13. The van der Waals surface area contributed by atoms with Crippen LogP contribution in [0.15, 0.2) is 9.98 Å².